The van der Waals surface area contributed by atoms with Gasteiger partial charge in [-0.15, -0.1) is 0 Å². The Balaban J connectivity index is 2.00. The molecule has 166 valence electrons. The Labute approximate surface area is 171 Å². The Morgan fingerprint density at radius 3 is 1.54 bits per heavy atom. The van der Waals surface area contributed by atoms with Gasteiger partial charge in [-0.1, -0.05) is 12.8 Å². The fraction of sp³-hybridized carbons (Fsp3) is 1.00. The zero-order valence-electron chi connectivity index (χ0n) is 18.1. The Hall–Kier alpha value is -0.320. The van der Waals surface area contributed by atoms with Crippen LogP contribution in [0, 0.1) is 0 Å². The highest BCUT2D eigenvalue weighted by atomic mass is 16.5. The van der Waals surface area contributed by atoms with E-state index in [0.29, 0.717) is 31.9 Å². The molecule has 0 amide bonds. The van der Waals surface area contributed by atoms with Gasteiger partial charge in [0.25, 0.3) is 0 Å². The third kappa shape index (κ3) is 9.00. The molecule has 1 heterocycles. The molecule has 0 bridgehead atoms. The average Bonchev–Trinajstić information content (AvgIpc) is 2.71. The van der Waals surface area contributed by atoms with Gasteiger partial charge in [0.15, 0.2) is 0 Å². The molecular weight excluding hydrogens is 358 g/mol. The first-order valence-electron chi connectivity index (χ1n) is 10.9. The molecule has 1 aliphatic heterocycles. The second-order valence-electron chi connectivity index (χ2n) is 8.09. The van der Waals surface area contributed by atoms with Crippen molar-refractivity contribution >= 4 is 0 Å². The minimum Gasteiger partial charge on any atom is -0.383 e. The van der Waals surface area contributed by atoms with Gasteiger partial charge in [0.05, 0.1) is 19.8 Å². The van der Waals surface area contributed by atoms with Crippen LogP contribution in [0.4, 0.5) is 0 Å². The van der Waals surface area contributed by atoms with E-state index in [2.05, 4.69) is 26.6 Å². The predicted octanol–water partition coefficient (Wildman–Crippen LogP) is -0.696. The van der Waals surface area contributed by atoms with Gasteiger partial charge in [-0.25, -0.2) is 0 Å². The lowest BCUT2D eigenvalue weighted by molar-refractivity contribution is 0.137. The largest absolute Gasteiger partial charge is 0.383 e. The summed E-state index contributed by atoms with van der Waals surface area (Å²) in [6.07, 6.45) is 5.12. The maximum atomic E-state index is 5.45. The highest BCUT2D eigenvalue weighted by Gasteiger charge is 2.25. The lowest BCUT2D eigenvalue weighted by Crippen LogP contribution is -2.55. The molecule has 8 nitrogen and oxygen atoms in total. The molecule has 1 aliphatic carbocycles. The monoisotopic (exact) mass is 401 g/mol. The third-order valence-corrected chi connectivity index (χ3v) is 5.77. The number of nitrogens with one attached hydrogen (secondary N) is 5. The molecule has 8 heteroatoms. The van der Waals surface area contributed by atoms with Crippen molar-refractivity contribution < 1.29 is 14.2 Å². The number of hydrogen-bond donors (Lipinski definition) is 5. The van der Waals surface area contributed by atoms with E-state index in [1.165, 1.54) is 25.7 Å². The number of methoxy groups -OCH3 is 3. The summed E-state index contributed by atoms with van der Waals surface area (Å²) in [5.41, 5.74) is 0. The van der Waals surface area contributed by atoms with Gasteiger partial charge in [0.1, 0.15) is 0 Å². The third-order valence-electron chi connectivity index (χ3n) is 5.77. The van der Waals surface area contributed by atoms with Gasteiger partial charge in [0, 0.05) is 84.3 Å². The minimum absolute atomic E-state index is 0.246. The molecule has 2 rings (SSSR count). The standard InChI is InChI=1S/C20H43N5O3/c1-26-13-16-10-23-17(14-27-2)11-24-18(15-28-3)12-25-20-7-5-4-6-19(20)22-9-8-21-16/h16-25H,4-15H2,1-3H3/t16-,17-,18+,19?,20?/m0/s1. The van der Waals surface area contributed by atoms with Crippen LogP contribution in [0.25, 0.3) is 0 Å². The summed E-state index contributed by atoms with van der Waals surface area (Å²) in [6, 6.07) is 1.89. The van der Waals surface area contributed by atoms with E-state index in [0.717, 1.165) is 32.7 Å². The predicted molar refractivity (Wildman–Crippen MR) is 113 cm³/mol. The van der Waals surface area contributed by atoms with Crippen molar-refractivity contribution in [2.75, 3.05) is 73.9 Å². The van der Waals surface area contributed by atoms with E-state index in [1.54, 1.807) is 21.3 Å². The van der Waals surface area contributed by atoms with E-state index in [4.69, 9.17) is 14.2 Å². The van der Waals surface area contributed by atoms with Crippen LogP contribution in [0.3, 0.4) is 0 Å². The van der Waals surface area contributed by atoms with E-state index >= 15 is 0 Å². The highest BCUT2D eigenvalue weighted by molar-refractivity contribution is 4.88. The quantitative estimate of drug-likeness (QED) is 0.400. The second kappa shape index (κ2) is 14.6. The van der Waals surface area contributed by atoms with Crippen molar-refractivity contribution in [3.63, 3.8) is 0 Å². The van der Waals surface area contributed by atoms with Crippen molar-refractivity contribution in [1.82, 2.24) is 26.6 Å². The van der Waals surface area contributed by atoms with Gasteiger partial charge in [-0.3, -0.25) is 0 Å². The second-order valence-corrected chi connectivity index (χ2v) is 8.09. The average molecular weight is 402 g/mol. The molecule has 0 aromatic rings. The molecule has 0 aromatic heterocycles. The fourth-order valence-electron chi connectivity index (χ4n) is 4.24. The summed E-state index contributed by atoms with van der Waals surface area (Å²) in [7, 11) is 5.29. The van der Waals surface area contributed by atoms with Crippen LogP contribution in [-0.4, -0.2) is 104 Å². The lowest BCUT2D eigenvalue weighted by atomic mass is 9.90. The van der Waals surface area contributed by atoms with E-state index < -0.39 is 0 Å². The molecule has 5 N–H and O–H groups in total. The number of hydrogen-bond acceptors (Lipinski definition) is 8. The van der Waals surface area contributed by atoms with Crippen LogP contribution in [-0.2, 0) is 14.2 Å². The maximum absolute atomic E-state index is 5.45. The molecule has 2 unspecified atom stereocenters. The molecular formula is C20H43N5O3. The van der Waals surface area contributed by atoms with Crippen LogP contribution in [0.15, 0.2) is 0 Å². The summed E-state index contributed by atoms with van der Waals surface area (Å²) in [6.45, 7) is 6.60. The van der Waals surface area contributed by atoms with Crippen molar-refractivity contribution in [3.05, 3.63) is 0 Å². The van der Waals surface area contributed by atoms with Gasteiger partial charge < -0.3 is 40.8 Å². The lowest BCUT2D eigenvalue weighted by Gasteiger charge is -2.34. The molecule has 2 aliphatic rings. The van der Waals surface area contributed by atoms with Crippen LogP contribution < -0.4 is 26.6 Å². The molecule has 5 atom stereocenters. The van der Waals surface area contributed by atoms with Crippen LogP contribution in [0.1, 0.15) is 25.7 Å². The fourth-order valence-corrected chi connectivity index (χ4v) is 4.24. The summed E-state index contributed by atoms with van der Waals surface area (Å²) in [4.78, 5) is 0. The van der Waals surface area contributed by atoms with Crippen LogP contribution in [0.5, 0.6) is 0 Å². The smallest absolute Gasteiger partial charge is 0.0628 e. The van der Waals surface area contributed by atoms with Crippen LogP contribution >= 0.6 is 0 Å². The van der Waals surface area contributed by atoms with Gasteiger partial charge in [0.2, 0.25) is 0 Å². The Morgan fingerprint density at radius 1 is 0.571 bits per heavy atom. The molecule has 0 aromatic carbocycles. The van der Waals surface area contributed by atoms with Crippen molar-refractivity contribution in [1.29, 1.82) is 0 Å². The summed E-state index contributed by atoms with van der Waals surface area (Å²) in [5, 5.41) is 18.5. The zero-order chi connectivity index (χ0) is 20.0. The Morgan fingerprint density at radius 2 is 1.00 bits per heavy atom. The van der Waals surface area contributed by atoms with Crippen molar-refractivity contribution in [2.24, 2.45) is 0 Å². The van der Waals surface area contributed by atoms with Gasteiger partial charge >= 0.3 is 0 Å². The highest BCUT2D eigenvalue weighted by Crippen LogP contribution is 2.18. The number of ether oxygens (including phenoxy) is 3. The van der Waals surface area contributed by atoms with E-state index in [1.807, 2.05) is 0 Å². The summed E-state index contributed by atoms with van der Waals surface area (Å²) < 4.78 is 16.3. The van der Waals surface area contributed by atoms with Gasteiger partial charge in [-0.2, -0.15) is 0 Å². The first-order valence-corrected chi connectivity index (χ1v) is 10.9. The molecule has 1 saturated carbocycles. The topological polar surface area (TPSA) is 87.8 Å². The number of rotatable bonds is 6. The Bertz CT molecular complexity index is 391. The van der Waals surface area contributed by atoms with E-state index in [9.17, 15) is 0 Å². The maximum Gasteiger partial charge on any atom is 0.0628 e. The molecule has 2 fully saturated rings. The summed E-state index contributed by atoms with van der Waals surface area (Å²) in [5.74, 6) is 0. The van der Waals surface area contributed by atoms with Crippen molar-refractivity contribution in [2.45, 2.75) is 55.9 Å². The molecule has 0 radical (unpaired) electrons. The number of fused-ring (bicyclic) bond motifs is 1. The Kier molecular flexibility index (Phi) is 12.5. The van der Waals surface area contributed by atoms with Crippen LogP contribution in [0.2, 0.25) is 0 Å². The van der Waals surface area contributed by atoms with E-state index in [-0.39, 0.29) is 18.1 Å². The zero-order valence-corrected chi connectivity index (χ0v) is 18.1. The van der Waals surface area contributed by atoms with Crippen molar-refractivity contribution in [3.8, 4) is 0 Å². The normalized spacial score (nSPS) is 34.2. The molecule has 28 heavy (non-hydrogen) atoms. The van der Waals surface area contributed by atoms with Gasteiger partial charge in [-0.05, 0) is 12.8 Å². The summed E-state index contributed by atoms with van der Waals surface area (Å²) >= 11 is 0. The first-order chi connectivity index (χ1) is 13.8. The molecule has 1 saturated heterocycles. The molecule has 0 spiro atoms. The first kappa shape index (κ1) is 24.0. The minimum atomic E-state index is 0.246. The SMILES string of the molecule is COC[C@H]1CNC2CCCCC2NCCN[C@H](COC)CN[C@H](COC)CN1.